The van der Waals surface area contributed by atoms with Gasteiger partial charge in [-0.25, -0.2) is 8.42 Å². The Kier molecular flexibility index (Phi) is 8.69. The molecule has 9 heteroatoms. The number of nitrogens with zero attached hydrogens (tertiary/aromatic N) is 2. The zero-order chi connectivity index (χ0) is 27.3. The summed E-state index contributed by atoms with van der Waals surface area (Å²) in [4.78, 5) is 19.1. The smallest absolute Gasteiger partial charge is 0.222 e. The second-order valence-electron chi connectivity index (χ2n) is 9.87. The first-order chi connectivity index (χ1) is 18.2. The first-order valence-electron chi connectivity index (χ1n) is 13.0. The molecule has 4 rings (SSSR count). The van der Waals surface area contributed by atoms with Gasteiger partial charge in [0.2, 0.25) is 5.91 Å². The van der Waals surface area contributed by atoms with Crippen molar-refractivity contribution in [1.29, 1.82) is 0 Å². The summed E-state index contributed by atoms with van der Waals surface area (Å²) in [6.45, 7) is 6.48. The van der Waals surface area contributed by atoms with E-state index in [1.165, 1.54) is 5.56 Å². The first kappa shape index (κ1) is 27.6. The van der Waals surface area contributed by atoms with Crippen LogP contribution in [0.15, 0.2) is 58.4 Å². The first-order valence-corrected chi connectivity index (χ1v) is 14.7. The molecule has 0 saturated heterocycles. The van der Waals surface area contributed by atoms with E-state index in [2.05, 4.69) is 39.9 Å². The predicted octanol–water partition coefficient (Wildman–Crippen LogP) is 3.19. The molecule has 0 spiro atoms. The standard InChI is InChI=1S/C29H37N5O3S/c1-20-18-25-24(6-4-7-26(25)30)28(21(20)2)38(36,37)19-31-14-5-8-27(35)34(3)17-13-22-9-11-23(12-10-22)29-32-15-16-33-29/h4,6-7,9-12,18,31H,5,8,13-17,19,30H2,1-3H3,(H,32,33). The molecule has 0 bridgehead atoms. The molecule has 1 heterocycles. The number of fused-ring (bicyclic) bond motifs is 1. The molecule has 3 aromatic carbocycles. The summed E-state index contributed by atoms with van der Waals surface area (Å²) >= 11 is 0. The molecule has 3 aromatic rings. The normalized spacial score (nSPS) is 13.4. The third-order valence-corrected chi connectivity index (χ3v) is 8.82. The van der Waals surface area contributed by atoms with E-state index >= 15 is 0 Å². The summed E-state index contributed by atoms with van der Waals surface area (Å²) in [6.07, 6.45) is 1.69. The van der Waals surface area contributed by atoms with Crippen LogP contribution in [-0.4, -0.2) is 64.2 Å². The number of aryl methyl sites for hydroxylation is 1. The molecule has 4 N–H and O–H groups in total. The average molecular weight is 536 g/mol. The Morgan fingerprint density at radius 1 is 1.13 bits per heavy atom. The van der Waals surface area contributed by atoms with Gasteiger partial charge in [-0.2, -0.15) is 0 Å². The number of amides is 1. The van der Waals surface area contributed by atoms with E-state index in [1.807, 2.05) is 27.0 Å². The summed E-state index contributed by atoms with van der Waals surface area (Å²) < 4.78 is 26.5. The number of likely N-dealkylation sites (N-methyl/N-ethyl adjacent to an activating group) is 1. The Labute approximate surface area is 225 Å². The van der Waals surface area contributed by atoms with Gasteiger partial charge in [0, 0.05) is 48.6 Å². The quantitative estimate of drug-likeness (QED) is 0.257. The van der Waals surface area contributed by atoms with E-state index in [4.69, 9.17) is 5.73 Å². The number of benzene rings is 3. The fourth-order valence-electron chi connectivity index (χ4n) is 4.72. The molecule has 0 saturated carbocycles. The van der Waals surface area contributed by atoms with E-state index in [0.717, 1.165) is 47.4 Å². The van der Waals surface area contributed by atoms with Gasteiger partial charge in [0.25, 0.3) is 0 Å². The SMILES string of the molecule is Cc1cc2c(N)cccc2c(S(=O)(=O)CNCCCC(=O)N(C)CCc2ccc(C3=NCCN3)cc2)c1C. The number of nitrogens with one attached hydrogen (secondary N) is 2. The zero-order valence-electron chi connectivity index (χ0n) is 22.4. The maximum absolute atomic E-state index is 13.3. The van der Waals surface area contributed by atoms with Crippen molar-refractivity contribution < 1.29 is 13.2 Å². The number of carbonyl (C=O) groups is 1. The van der Waals surface area contributed by atoms with Crippen LogP contribution in [0.25, 0.3) is 10.8 Å². The van der Waals surface area contributed by atoms with Crippen LogP contribution in [0, 0.1) is 13.8 Å². The number of nitrogens with two attached hydrogens (primary N) is 1. The molecule has 38 heavy (non-hydrogen) atoms. The maximum Gasteiger partial charge on any atom is 0.222 e. The number of sulfone groups is 1. The van der Waals surface area contributed by atoms with Gasteiger partial charge in [0.1, 0.15) is 11.7 Å². The Balaban J connectivity index is 1.24. The molecule has 202 valence electrons. The van der Waals surface area contributed by atoms with Crippen LogP contribution in [0.5, 0.6) is 0 Å². The molecule has 0 atom stereocenters. The van der Waals surface area contributed by atoms with Crippen LogP contribution in [0.3, 0.4) is 0 Å². The Morgan fingerprint density at radius 3 is 2.61 bits per heavy atom. The summed E-state index contributed by atoms with van der Waals surface area (Å²) in [5, 5.41) is 7.69. The van der Waals surface area contributed by atoms with Gasteiger partial charge in [0.05, 0.1) is 11.4 Å². The van der Waals surface area contributed by atoms with Gasteiger partial charge in [-0.15, -0.1) is 0 Å². The van der Waals surface area contributed by atoms with E-state index in [9.17, 15) is 13.2 Å². The van der Waals surface area contributed by atoms with Crippen molar-refractivity contribution >= 4 is 38.0 Å². The van der Waals surface area contributed by atoms with E-state index in [-0.39, 0.29) is 11.8 Å². The van der Waals surface area contributed by atoms with Crippen molar-refractivity contribution in [2.24, 2.45) is 4.99 Å². The van der Waals surface area contributed by atoms with Gasteiger partial charge >= 0.3 is 0 Å². The topological polar surface area (TPSA) is 117 Å². The van der Waals surface area contributed by atoms with Crippen molar-refractivity contribution in [2.45, 2.75) is 38.0 Å². The average Bonchev–Trinajstić information content (AvgIpc) is 3.43. The Hall–Kier alpha value is -3.43. The van der Waals surface area contributed by atoms with Gasteiger partial charge in [-0.3, -0.25) is 9.79 Å². The second-order valence-corrected chi connectivity index (χ2v) is 11.8. The van der Waals surface area contributed by atoms with Crippen LogP contribution < -0.4 is 16.4 Å². The molecule has 0 radical (unpaired) electrons. The monoisotopic (exact) mass is 535 g/mol. The number of amidine groups is 1. The van der Waals surface area contributed by atoms with Crippen LogP contribution in [0.2, 0.25) is 0 Å². The minimum atomic E-state index is -3.60. The maximum atomic E-state index is 13.3. The number of hydrogen-bond donors (Lipinski definition) is 3. The summed E-state index contributed by atoms with van der Waals surface area (Å²) in [5.41, 5.74) is 10.5. The second kappa shape index (κ2) is 12.0. The molecular weight excluding hydrogens is 498 g/mol. The minimum absolute atomic E-state index is 0.0480. The number of anilines is 1. The van der Waals surface area contributed by atoms with Crippen molar-refractivity contribution in [3.05, 3.63) is 70.8 Å². The Bertz CT molecular complexity index is 1450. The van der Waals surface area contributed by atoms with E-state index in [0.29, 0.717) is 41.9 Å². The molecule has 1 aliphatic heterocycles. The van der Waals surface area contributed by atoms with E-state index in [1.54, 1.807) is 23.1 Å². The highest BCUT2D eigenvalue weighted by Crippen LogP contribution is 2.32. The highest BCUT2D eigenvalue weighted by atomic mass is 32.2. The number of aliphatic imine (C=N–C) groups is 1. The van der Waals surface area contributed by atoms with Crippen LogP contribution in [-0.2, 0) is 21.1 Å². The van der Waals surface area contributed by atoms with E-state index < -0.39 is 9.84 Å². The number of nitrogen functional groups attached to an aromatic ring is 1. The van der Waals surface area contributed by atoms with Crippen molar-refractivity contribution in [3.63, 3.8) is 0 Å². The van der Waals surface area contributed by atoms with Crippen molar-refractivity contribution in [2.75, 3.05) is 44.8 Å². The molecule has 0 aliphatic carbocycles. The van der Waals surface area contributed by atoms with Gasteiger partial charge in [-0.1, -0.05) is 36.4 Å². The highest BCUT2D eigenvalue weighted by molar-refractivity contribution is 7.91. The lowest BCUT2D eigenvalue weighted by molar-refractivity contribution is -0.129. The number of rotatable bonds is 11. The van der Waals surface area contributed by atoms with Gasteiger partial charge in [0.15, 0.2) is 9.84 Å². The molecule has 0 unspecified atom stereocenters. The number of carbonyl (C=O) groups excluding carboxylic acids is 1. The lowest BCUT2D eigenvalue weighted by Crippen LogP contribution is -2.30. The third-order valence-electron chi connectivity index (χ3n) is 7.09. The highest BCUT2D eigenvalue weighted by Gasteiger charge is 2.22. The largest absolute Gasteiger partial charge is 0.398 e. The lowest BCUT2D eigenvalue weighted by Gasteiger charge is -2.18. The van der Waals surface area contributed by atoms with Crippen molar-refractivity contribution in [3.8, 4) is 0 Å². The van der Waals surface area contributed by atoms with Crippen molar-refractivity contribution in [1.82, 2.24) is 15.5 Å². The molecule has 0 fully saturated rings. The summed E-state index contributed by atoms with van der Waals surface area (Å²) in [5.74, 6) is 0.799. The minimum Gasteiger partial charge on any atom is -0.398 e. The fourth-order valence-corrected chi connectivity index (χ4v) is 6.42. The fraction of sp³-hybridized carbons (Fsp3) is 0.379. The summed E-state index contributed by atoms with van der Waals surface area (Å²) in [7, 11) is -1.79. The molecular formula is C29H37N5O3S. The van der Waals surface area contributed by atoms with Gasteiger partial charge in [-0.05, 0) is 62.1 Å². The van der Waals surface area contributed by atoms with Gasteiger partial charge < -0.3 is 21.3 Å². The predicted molar refractivity (Wildman–Crippen MR) is 154 cm³/mol. The zero-order valence-corrected chi connectivity index (χ0v) is 23.2. The van der Waals surface area contributed by atoms with Crippen LogP contribution >= 0.6 is 0 Å². The third kappa shape index (κ3) is 6.34. The summed E-state index contributed by atoms with van der Waals surface area (Å²) in [6, 6.07) is 15.6. The lowest BCUT2D eigenvalue weighted by atomic mass is 10.0. The molecule has 0 aromatic heterocycles. The molecule has 1 amide bonds. The molecule has 1 aliphatic rings. The Morgan fingerprint density at radius 2 is 1.89 bits per heavy atom. The molecule has 8 nitrogen and oxygen atoms in total. The van der Waals surface area contributed by atoms with Crippen LogP contribution in [0.1, 0.15) is 35.1 Å². The van der Waals surface area contributed by atoms with Crippen LogP contribution in [0.4, 0.5) is 5.69 Å². The number of hydrogen-bond acceptors (Lipinski definition) is 7.